The molecule has 0 radical (unpaired) electrons. The van der Waals surface area contributed by atoms with Crippen molar-refractivity contribution in [2.75, 3.05) is 5.32 Å². The summed E-state index contributed by atoms with van der Waals surface area (Å²) < 4.78 is 2.44. The summed E-state index contributed by atoms with van der Waals surface area (Å²) in [6.07, 6.45) is 4.60. The lowest BCUT2D eigenvalue weighted by Crippen LogP contribution is -2.17. The van der Waals surface area contributed by atoms with Crippen LogP contribution >= 0.6 is 11.3 Å². The van der Waals surface area contributed by atoms with E-state index in [1.54, 1.807) is 12.4 Å². The molecule has 0 spiro atoms. The zero-order valence-corrected chi connectivity index (χ0v) is 10.4. The van der Waals surface area contributed by atoms with Crippen molar-refractivity contribution in [3.05, 3.63) is 42.5 Å². The van der Waals surface area contributed by atoms with E-state index >= 15 is 0 Å². The first-order valence-corrected chi connectivity index (χ1v) is 6.21. The molecule has 0 unspecified atom stereocenters. The predicted octanol–water partition coefficient (Wildman–Crippen LogP) is 2.88. The van der Waals surface area contributed by atoms with Crippen molar-refractivity contribution in [2.45, 2.75) is 6.92 Å². The van der Waals surface area contributed by atoms with Crippen molar-refractivity contribution in [1.82, 2.24) is 14.5 Å². The third-order valence-corrected chi connectivity index (χ3v) is 3.51. The lowest BCUT2D eigenvalue weighted by Gasteiger charge is -1.99. The fraction of sp³-hybridized carbons (Fsp3) is 0.0833. The van der Waals surface area contributed by atoms with Crippen molar-refractivity contribution in [1.29, 1.82) is 0 Å². The Bertz CT molecular complexity index is 702. The van der Waals surface area contributed by atoms with E-state index in [1.165, 1.54) is 22.2 Å². The van der Waals surface area contributed by atoms with E-state index in [-0.39, 0.29) is 6.03 Å². The highest BCUT2D eigenvalue weighted by Gasteiger charge is 2.09. The highest BCUT2D eigenvalue weighted by atomic mass is 32.1. The summed E-state index contributed by atoms with van der Waals surface area (Å²) in [5, 5.41) is 3.35. The topological polar surface area (TPSA) is 59.8 Å². The molecular formula is C12H10N4OS. The maximum absolute atomic E-state index is 11.8. The molecule has 0 saturated carbocycles. The van der Waals surface area contributed by atoms with Gasteiger partial charge in [-0.15, -0.1) is 0 Å². The number of rotatable bonds is 1. The molecule has 90 valence electrons. The lowest BCUT2D eigenvalue weighted by atomic mass is 10.2. The Balaban J connectivity index is 1.92. The summed E-state index contributed by atoms with van der Waals surface area (Å²) in [5.74, 6) is 0. The second-order valence-electron chi connectivity index (χ2n) is 3.84. The summed E-state index contributed by atoms with van der Waals surface area (Å²) >= 11 is 1.46. The van der Waals surface area contributed by atoms with Crippen LogP contribution in [0.5, 0.6) is 0 Å². The van der Waals surface area contributed by atoms with E-state index in [0.29, 0.717) is 5.13 Å². The van der Waals surface area contributed by atoms with Gasteiger partial charge in [-0.05, 0) is 18.6 Å². The van der Waals surface area contributed by atoms with Crippen LogP contribution in [-0.4, -0.2) is 20.6 Å². The standard InChI is InChI=1S/C12H10N4OS/c1-8-3-2-4-9-10(8)14-11(18-9)15-12(17)16-6-5-13-7-16/h2-7H,1H3,(H,14,15,17). The van der Waals surface area contributed by atoms with Gasteiger partial charge in [0.15, 0.2) is 5.13 Å². The summed E-state index contributed by atoms with van der Waals surface area (Å²) in [6.45, 7) is 2.00. The Hall–Kier alpha value is -2.21. The molecule has 0 bridgehead atoms. The number of para-hydroxylation sites is 1. The molecular weight excluding hydrogens is 248 g/mol. The zero-order valence-electron chi connectivity index (χ0n) is 9.62. The van der Waals surface area contributed by atoms with E-state index in [2.05, 4.69) is 15.3 Å². The van der Waals surface area contributed by atoms with Crippen LogP contribution in [0.4, 0.5) is 9.93 Å². The first-order chi connectivity index (χ1) is 8.74. The molecule has 0 aliphatic carbocycles. The highest BCUT2D eigenvalue weighted by Crippen LogP contribution is 2.27. The molecule has 2 aromatic heterocycles. The number of hydrogen-bond acceptors (Lipinski definition) is 4. The molecule has 2 heterocycles. The Morgan fingerprint density at radius 2 is 2.33 bits per heavy atom. The van der Waals surface area contributed by atoms with Gasteiger partial charge in [0.2, 0.25) is 0 Å². The highest BCUT2D eigenvalue weighted by molar-refractivity contribution is 7.22. The van der Waals surface area contributed by atoms with E-state index in [9.17, 15) is 4.79 Å². The Kier molecular flexibility index (Phi) is 2.56. The molecule has 1 N–H and O–H groups in total. The van der Waals surface area contributed by atoms with Gasteiger partial charge in [-0.25, -0.2) is 14.8 Å². The zero-order chi connectivity index (χ0) is 12.5. The SMILES string of the molecule is Cc1cccc2sc(NC(=O)n3ccnc3)nc12. The fourth-order valence-corrected chi connectivity index (χ4v) is 2.61. The number of thiazole rings is 1. The summed E-state index contributed by atoms with van der Waals surface area (Å²) in [4.78, 5) is 20.1. The second-order valence-corrected chi connectivity index (χ2v) is 4.87. The van der Waals surface area contributed by atoms with E-state index in [0.717, 1.165) is 15.8 Å². The number of aromatic nitrogens is 3. The van der Waals surface area contributed by atoms with Crippen LogP contribution in [0.15, 0.2) is 36.9 Å². The Morgan fingerprint density at radius 1 is 1.44 bits per heavy atom. The number of aryl methyl sites for hydroxylation is 1. The molecule has 0 atom stereocenters. The van der Waals surface area contributed by atoms with E-state index < -0.39 is 0 Å². The molecule has 0 aliphatic heterocycles. The van der Waals surface area contributed by atoms with Crippen LogP contribution < -0.4 is 5.32 Å². The molecule has 1 aromatic carbocycles. The van der Waals surface area contributed by atoms with Crippen molar-refractivity contribution in [3.63, 3.8) is 0 Å². The van der Waals surface area contributed by atoms with Gasteiger partial charge in [0, 0.05) is 12.4 Å². The molecule has 0 aliphatic rings. The number of benzene rings is 1. The number of carbonyl (C=O) groups excluding carboxylic acids is 1. The normalized spacial score (nSPS) is 10.7. The lowest BCUT2D eigenvalue weighted by molar-refractivity contribution is 0.253. The van der Waals surface area contributed by atoms with Gasteiger partial charge in [-0.1, -0.05) is 23.5 Å². The maximum Gasteiger partial charge on any atom is 0.333 e. The molecule has 6 heteroatoms. The monoisotopic (exact) mass is 258 g/mol. The smallest absolute Gasteiger partial charge is 0.283 e. The molecule has 18 heavy (non-hydrogen) atoms. The fourth-order valence-electron chi connectivity index (χ4n) is 1.67. The molecule has 0 saturated heterocycles. The average molecular weight is 258 g/mol. The van der Waals surface area contributed by atoms with Gasteiger partial charge >= 0.3 is 6.03 Å². The summed E-state index contributed by atoms with van der Waals surface area (Å²) in [6, 6.07) is 5.72. The van der Waals surface area contributed by atoms with E-state index in [4.69, 9.17) is 0 Å². The third kappa shape index (κ3) is 1.86. The van der Waals surface area contributed by atoms with Crippen LogP contribution in [0.25, 0.3) is 10.2 Å². The van der Waals surface area contributed by atoms with Crippen LogP contribution in [-0.2, 0) is 0 Å². The Morgan fingerprint density at radius 3 is 3.06 bits per heavy atom. The molecule has 0 fully saturated rings. The molecule has 1 amide bonds. The maximum atomic E-state index is 11.8. The average Bonchev–Trinajstić information content (AvgIpc) is 2.97. The predicted molar refractivity (Wildman–Crippen MR) is 71.0 cm³/mol. The van der Waals surface area contributed by atoms with Crippen molar-refractivity contribution >= 4 is 32.7 Å². The second kappa shape index (κ2) is 4.23. The Labute approximate surface area is 107 Å². The number of anilines is 1. The number of nitrogens with one attached hydrogen (secondary N) is 1. The number of nitrogens with zero attached hydrogens (tertiary/aromatic N) is 3. The van der Waals surface area contributed by atoms with Crippen LogP contribution in [0.2, 0.25) is 0 Å². The first kappa shape index (κ1) is 10.9. The number of carbonyl (C=O) groups is 1. The number of fused-ring (bicyclic) bond motifs is 1. The van der Waals surface area contributed by atoms with Gasteiger partial charge in [0.05, 0.1) is 10.2 Å². The quantitative estimate of drug-likeness (QED) is 0.730. The van der Waals surface area contributed by atoms with Crippen molar-refractivity contribution in [2.24, 2.45) is 0 Å². The third-order valence-electron chi connectivity index (χ3n) is 2.57. The molecule has 3 rings (SSSR count). The van der Waals surface area contributed by atoms with E-state index in [1.807, 2.05) is 25.1 Å². The summed E-state index contributed by atoms with van der Waals surface area (Å²) in [5.41, 5.74) is 2.04. The van der Waals surface area contributed by atoms with Gasteiger partial charge < -0.3 is 0 Å². The van der Waals surface area contributed by atoms with Gasteiger partial charge in [-0.3, -0.25) is 9.88 Å². The number of hydrogen-bond donors (Lipinski definition) is 1. The molecule has 5 nitrogen and oxygen atoms in total. The van der Waals surface area contributed by atoms with Crippen molar-refractivity contribution < 1.29 is 4.79 Å². The van der Waals surface area contributed by atoms with Gasteiger partial charge in [0.25, 0.3) is 0 Å². The van der Waals surface area contributed by atoms with Gasteiger partial charge in [0.1, 0.15) is 6.33 Å². The minimum Gasteiger partial charge on any atom is -0.283 e. The minimum atomic E-state index is -0.260. The number of imidazole rings is 1. The minimum absolute atomic E-state index is 0.260. The van der Waals surface area contributed by atoms with Crippen LogP contribution in [0.3, 0.4) is 0 Å². The van der Waals surface area contributed by atoms with Crippen LogP contribution in [0.1, 0.15) is 5.56 Å². The first-order valence-electron chi connectivity index (χ1n) is 5.39. The molecule has 3 aromatic rings. The van der Waals surface area contributed by atoms with Crippen LogP contribution in [0, 0.1) is 6.92 Å². The van der Waals surface area contributed by atoms with Gasteiger partial charge in [-0.2, -0.15) is 0 Å². The largest absolute Gasteiger partial charge is 0.333 e. The summed E-state index contributed by atoms with van der Waals surface area (Å²) in [7, 11) is 0. The number of amides is 1. The van der Waals surface area contributed by atoms with Crippen molar-refractivity contribution in [3.8, 4) is 0 Å².